The summed E-state index contributed by atoms with van der Waals surface area (Å²) < 4.78 is 0. The number of amides is 1. The number of nitrogens with two attached hydrogens (primary N) is 1. The fourth-order valence-electron chi connectivity index (χ4n) is 2.70. The molecular weight excluding hydrogens is 238 g/mol. The average molecular weight is 269 g/mol. The molecule has 1 rings (SSSR count). The van der Waals surface area contributed by atoms with Crippen LogP contribution < -0.4 is 11.1 Å². The first-order valence-corrected chi connectivity index (χ1v) is 7.57. The summed E-state index contributed by atoms with van der Waals surface area (Å²) in [4.78, 5) is 14.4. The molecule has 1 amide bonds. The predicted octanol–water partition coefficient (Wildman–Crippen LogP) is 1.74. The zero-order valence-electron chi connectivity index (χ0n) is 13.0. The topological polar surface area (TPSA) is 58.4 Å². The van der Waals surface area contributed by atoms with Crippen molar-refractivity contribution < 1.29 is 4.79 Å². The summed E-state index contributed by atoms with van der Waals surface area (Å²) >= 11 is 0. The molecule has 1 saturated heterocycles. The number of nitrogens with one attached hydrogen (secondary N) is 1. The van der Waals surface area contributed by atoms with E-state index >= 15 is 0 Å². The number of carbonyl (C=O) groups excluding carboxylic acids is 1. The molecule has 0 aromatic heterocycles. The van der Waals surface area contributed by atoms with Crippen molar-refractivity contribution >= 4 is 5.91 Å². The third kappa shape index (κ3) is 6.39. The number of hydrogen-bond acceptors (Lipinski definition) is 3. The monoisotopic (exact) mass is 269 g/mol. The minimum absolute atomic E-state index is 0.111. The molecule has 0 bridgehead atoms. The van der Waals surface area contributed by atoms with Crippen molar-refractivity contribution in [3.63, 3.8) is 0 Å². The molecule has 1 heterocycles. The van der Waals surface area contributed by atoms with Gasteiger partial charge in [0, 0.05) is 24.5 Å². The van der Waals surface area contributed by atoms with Crippen LogP contribution in [0.2, 0.25) is 0 Å². The zero-order chi connectivity index (χ0) is 14.5. The summed E-state index contributed by atoms with van der Waals surface area (Å²) in [5.74, 6) is 0.909. The fraction of sp³-hybridized carbons (Fsp3) is 0.933. The standard InChI is InChI=1S/C15H31N3O/c1-12-6-5-8-18(9-7-12)13(11-16)10-14(19)17-15(2,3)4/h12-13H,5-11,16H2,1-4H3,(H,17,19). The summed E-state index contributed by atoms with van der Waals surface area (Å²) in [7, 11) is 0. The predicted molar refractivity (Wildman–Crippen MR) is 79.9 cm³/mol. The van der Waals surface area contributed by atoms with E-state index in [-0.39, 0.29) is 17.5 Å². The van der Waals surface area contributed by atoms with Gasteiger partial charge in [0.25, 0.3) is 0 Å². The summed E-state index contributed by atoms with van der Waals surface area (Å²) in [6.45, 7) is 11.1. The molecule has 0 aliphatic carbocycles. The first-order chi connectivity index (χ1) is 8.81. The van der Waals surface area contributed by atoms with Crippen LogP contribution in [-0.4, -0.2) is 42.0 Å². The Labute approximate surface area is 118 Å². The van der Waals surface area contributed by atoms with Crippen molar-refractivity contribution in [3.8, 4) is 0 Å². The third-order valence-corrected chi connectivity index (χ3v) is 3.78. The Bertz CT molecular complexity index is 286. The van der Waals surface area contributed by atoms with Gasteiger partial charge in [0.15, 0.2) is 0 Å². The lowest BCUT2D eigenvalue weighted by molar-refractivity contribution is -0.123. The molecule has 0 radical (unpaired) electrons. The van der Waals surface area contributed by atoms with Gasteiger partial charge in [-0.15, -0.1) is 0 Å². The smallest absolute Gasteiger partial charge is 0.222 e. The lowest BCUT2D eigenvalue weighted by atomic mass is 10.0. The van der Waals surface area contributed by atoms with Gasteiger partial charge in [-0.05, 0) is 59.0 Å². The van der Waals surface area contributed by atoms with Crippen molar-refractivity contribution in [1.82, 2.24) is 10.2 Å². The number of carbonyl (C=O) groups is 1. The highest BCUT2D eigenvalue weighted by Gasteiger charge is 2.24. The van der Waals surface area contributed by atoms with Crippen LogP contribution in [0.25, 0.3) is 0 Å². The Morgan fingerprint density at radius 3 is 2.63 bits per heavy atom. The van der Waals surface area contributed by atoms with Crippen LogP contribution in [0.1, 0.15) is 53.4 Å². The van der Waals surface area contributed by atoms with Crippen molar-refractivity contribution in [2.45, 2.75) is 65.0 Å². The lowest BCUT2D eigenvalue weighted by Crippen LogP contribution is -2.47. The summed E-state index contributed by atoms with van der Waals surface area (Å²) in [6.07, 6.45) is 4.25. The van der Waals surface area contributed by atoms with Gasteiger partial charge in [0.1, 0.15) is 0 Å². The van der Waals surface area contributed by atoms with E-state index in [9.17, 15) is 4.79 Å². The highest BCUT2D eigenvalue weighted by atomic mass is 16.1. The van der Waals surface area contributed by atoms with Crippen LogP contribution in [0, 0.1) is 5.92 Å². The van der Waals surface area contributed by atoms with Crippen molar-refractivity contribution in [3.05, 3.63) is 0 Å². The fourth-order valence-corrected chi connectivity index (χ4v) is 2.70. The van der Waals surface area contributed by atoms with Crippen LogP contribution in [-0.2, 0) is 4.79 Å². The van der Waals surface area contributed by atoms with Gasteiger partial charge in [-0.25, -0.2) is 0 Å². The van der Waals surface area contributed by atoms with E-state index in [4.69, 9.17) is 5.73 Å². The molecule has 112 valence electrons. The first kappa shape index (κ1) is 16.4. The highest BCUT2D eigenvalue weighted by Crippen LogP contribution is 2.19. The van der Waals surface area contributed by atoms with Gasteiger partial charge in [-0.3, -0.25) is 9.69 Å². The molecule has 2 unspecified atom stereocenters. The molecule has 1 aliphatic heterocycles. The van der Waals surface area contributed by atoms with E-state index in [0.717, 1.165) is 19.0 Å². The molecule has 0 aromatic carbocycles. The molecule has 1 aliphatic rings. The normalized spacial score (nSPS) is 23.7. The highest BCUT2D eigenvalue weighted by molar-refractivity contribution is 5.77. The van der Waals surface area contributed by atoms with Gasteiger partial charge in [0.2, 0.25) is 5.91 Å². The Hall–Kier alpha value is -0.610. The Balaban J connectivity index is 2.50. The van der Waals surface area contributed by atoms with Crippen LogP contribution >= 0.6 is 0 Å². The quantitative estimate of drug-likeness (QED) is 0.817. The van der Waals surface area contributed by atoms with Crippen LogP contribution in [0.4, 0.5) is 0 Å². The van der Waals surface area contributed by atoms with E-state index in [1.165, 1.54) is 19.3 Å². The largest absolute Gasteiger partial charge is 0.351 e. The molecule has 0 aromatic rings. The molecule has 4 nitrogen and oxygen atoms in total. The Morgan fingerprint density at radius 1 is 1.37 bits per heavy atom. The Kier molecular flexibility index (Phi) is 6.27. The summed E-state index contributed by atoms with van der Waals surface area (Å²) in [5.41, 5.74) is 5.72. The van der Waals surface area contributed by atoms with E-state index in [0.29, 0.717) is 13.0 Å². The van der Waals surface area contributed by atoms with E-state index in [2.05, 4.69) is 17.1 Å². The average Bonchev–Trinajstić information content (AvgIpc) is 2.48. The molecule has 2 atom stereocenters. The Morgan fingerprint density at radius 2 is 2.05 bits per heavy atom. The minimum atomic E-state index is -0.163. The van der Waals surface area contributed by atoms with Gasteiger partial charge in [-0.2, -0.15) is 0 Å². The maximum Gasteiger partial charge on any atom is 0.222 e. The van der Waals surface area contributed by atoms with Gasteiger partial charge in [-0.1, -0.05) is 6.92 Å². The SMILES string of the molecule is CC1CCCN(C(CN)CC(=O)NC(C)(C)C)CC1. The maximum atomic E-state index is 12.0. The molecule has 19 heavy (non-hydrogen) atoms. The number of hydrogen-bond donors (Lipinski definition) is 2. The van der Waals surface area contributed by atoms with Crippen molar-refractivity contribution in [2.75, 3.05) is 19.6 Å². The van der Waals surface area contributed by atoms with E-state index < -0.39 is 0 Å². The lowest BCUT2D eigenvalue weighted by Gasteiger charge is -2.30. The molecular formula is C15H31N3O. The number of likely N-dealkylation sites (tertiary alicyclic amines) is 1. The maximum absolute atomic E-state index is 12.0. The molecule has 1 fully saturated rings. The molecule has 3 N–H and O–H groups in total. The second kappa shape index (κ2) is 7.25. The second-order valence-corrected chi connectivity index (χ2v) is 6.96. The number of rotatable bonds is 4. The van der Waals surface area contributed by atoms with Gasteiger partial charge >= 0.3 is 0 Å². The summed E-state index contributed by atoms with van der Waals surface area (Å²) in [5, 5.41) is 3.03. The zero-order valence-corrected chi connectivity index (χ0v) is 13.0. The van der Waals surface area contributed by atoms with Gasteiger partial charge in [0.05, 0.1) is 0 Å². The van der Waals surface area contributed by atoms with Crippen LogP contribution in [0.3, 0.4) is 0 Å². The first-order valence-electron chi connectivity index (χ1n) is 7.57. The van der Waals surface area contributed by atoms with Crippen molar-refractivity contribution in [1.29, 1.82) is 0 Å². The second-order valence-electron chi connectivity index (χ2n) is 6.96. The van der Waals surface area contributed by atoms with Gasteiger partial charge < -0.3 is 11.1 Å². The minimum Gasteiger partial charge on any atom is -0.351 e. The summed E-state index contributed by atoms with van der Waals surface area (Å²) in [6, 6.07) is 0.188. The molecule has 4 heteroatoms. The van der Waals surface area contributed by atoms with E-state index in [1.807, 2.05) is 20.8 Å². The molecule has 0 spiro atoms. The number of nitrogens with zero attached hydrogens (tertiary/aromatic N) is 1. The van der Waals surface area contributed by atoms with E-state index in [1.54, 1.807) is 0 Å². The third-order valence-electron chi connectivity index (χ3n) is 3.78. The molecule has 0 saturated carbocycles. The van der Waals surface area contributed by atoms with Crippen LogP contribution in [0.5, 0.6) is 0 Å². The van der Waals surface area contributed by atoms with Crippen LogP contribution in [0.15, 0.2) is 0 Å². The van der Waals surface area contributed by atoms with Crippen molar-refractivity contribution in [2.24, 2.45) is 11.7 Å².